The molecule has 0 spiro atoms. The molecule has 3 heteroatoms. The molecule has 0 saturated carbocycles. The molecule has 1 heterocycles. The van der Waals surface area contributed by atoms with E-state index >= 15 is 0 Å². The third-order valence-corrected chi connectivity index (χ3v) is 2.54. The van der Waals surface area contributed by atoms with Gasteiger partial charge in [0.1, 0.15) is 5.82 Å². The molecule has 0 aliphatic carbocycles. The predicted molar refractivity (Wildman–Crippen MR) is 61.5 cm³/mol. The van der Waals surface area contributed by atoms with Gasteiger partial charge in [0.2, 0.25) is 0 Å². The zero-order valence-electron chi connectivity index (χ0n) is 7.99. The Bertz CT molecular complexity index is 375. The van der Waals surface area contributed by atoms with Crippen molar-refractivity contribution in [2.75, 3.05) is 5.75 Å². The van der Waals surface area contributed by atoms with Crippen molar-refractivity contribution >= 4 is 23.7 Å². The Morgan fingerprint density at radius 2 is 2.07 bits per heavy atom. The van der Waals surface area contributed by atoms with Gasteiger partial charge in [-0.3, -0.25) is 0 Å². The van der Waals surface area contributed by atoms with Crippen LogP contribution in [-0.4, -0.2) is 15.7 Å². The number of H-pyrrole nitrogens is 1. The minimum Gasteiger partial charge on any atom is -0.342 e. The summed E-state index contributed by atoms with van der Waals surface area (Å²) in [5.41, 5.74) is 2.18. The van der Waals surface area contributed by atoms with E-state index in [0.29, 0.717) is 0 Å². The SMILES string of the molecule is [S]CCCCc1nc2ccccc2[nH]1. The van der Waals surface area contributed by atoms with E-state index in [2.05, 4.69) is 16.0 Å². The molecule has 0 bridgehead atoms. The van der Waals surface area contributed by atoms with Crippen LogP contribution in [0.25, 0.3) is 11.0 Å². The van der Waals surface area contributed by atoms with Crippen LogP contribution in [0.2, 0.25) is 0 Å². The van der Waals surface area contributed by atoms with Crippen LogP contribution in [0.5, 0.6) is 0 Å². The Morgan fingerprint density at radius 1 is 1.21 bits per heavy atom. The third kappa shape index (κ3) is 2.10. The van der Waals surface area contributed by atoms with Gasteiger partial charge in [-0.1, -0.05) is 24.8 Å². The van der Waals surface area contributed by atoms with Gasteiger partial charge in [-0.15, -0.1) is 0 Å². The molecule has 1 aromatic heterocycles. The van der Waals surface area contributed by atoms with Crippen molar-refractivity contribution in [1.29, 1.82) is 0 Å². The van der Waals surface area contributed by atoms with Gasteiger partial charge in [-0.25, -0.2) is 4.98 Å². The summed E-state index contributed by atoms with van der Waals surface area (Å²) in [6.45, 7) is 0. The number of nitrogens with one attached hydrogen (secondary N) is 1. The van der Waals surface area contributed by atoms with Crippen molar-refractivity contribution in [3.05, 3.63) is 30.1 Å². The average Bonchev–Trinajstić information content (AvgIpc) is 2.60. The van der Waals surface area contributed by atoms with Crippen LogP contribution in [0.4, 0.5) is 0 Å². The first-order valence-corrected chi connectivity index (χ1v) is 5.49. The van der Waals surface area contributed by atoms with Gasteiger partial charge in [0.15, 0.2) is 0 Å². The van der Waals surface area contributed by atoms with Crippen LogP contribution in [0.15, 0.2) is 24.3 Å². The van der Waals surface area contributed by atoms with Gasteiger partial charge in [0, 0.05) is 12.2 Å². The number of imidazole rings is 1. The summed E-state index contributed by atoms with van der Waals surface area (Å²) in [5, 5.41) is 0. The van der Waals surface area contributed by atoms with E-state index < -0.39 is 0 Å². The Balaban J connectivity index is 2.11. The fourth-order valence-electron chi connectivity index (χ4n) is 1.52. The lowest BCUT2D eigenvalue weighted by Crippen LogP contribution is -1.88. The summed E-state index contributed by atoms with van der Waals surface area (Å²) in [6, 6.07) is 8.12. The standard InChI is InChI=1S/C11H13N2S/c14-8-4-3-7-11-12-9-5-1-2-6-10(9)13-11/h1-2,5-6H,3-4,7-8H2,(H,12,13). The van der Waals surface area contributed by atoms with E-state index in [0.717, 1.165) is 41.9 Å². The van der Waals surface area contributed by atoms with E-state index in [9.17, 15) is 0 Å². The Labute approximate surface area is 89.2 Å². The van der Waals surface area contributed by atoms with Gasteiger partial charge in [-0.2, -0.15) is 0 Å². The zero-order valence-corrected chi connectivity index (χ0v) is 8.81. The normalized spacial score (nSPS) is 10.9. The minimum absolute atomic E-state index is 0.847. The smallest absolute Gasteiger partial charge is 0.107 e. The van der Waals surface area contributed by atoms with Crippen LogP contribution in [0.3, 0.4) is 0 Å². The summed E-state index contributed by atoms with van der Waals surface area (Å²) in [4.78, 5) is 7.80. The van der Waals surface area contributed by atoms with Crippen LogP contribution in [0, 0.1) is 0 Å². The number of unbranched alkanes of at least 4 members (excludes halogenated alkanes) is 1. The van der Waals surface area contributed by atoms with Crippen molar-refractivity contribution in [3.63, 3.8) is 0 Å². The van der Waals surface area contributed by atoms with Crippen molar-refractivity contribution in [1.82, 2.24) is 9.97 Å². The molecule has 2 nitrogen and oxygen atoms in total. The summed E-state index contributed by atoms with van der Waals surface area (Å²) in [6.07, 6.45) is 3.24. The molecule has 14 heavy (non-hydrogen) atoms. The molecule has 0 saturated heterocycles. The number of hydrogen-bond acceptors (Lipinski definition) is 1. The van der Waals surface area contributed by atoms with Gasteiger partial charge in [-0.05, 0) is 25.0 Å². The quantitative estimate of drug-likeness (QED) is 0.763. The first-order valence-electron chi connectivity index (χ1n) is 4.92. The van der Waals surface area contributed by atoms with Gasteiger partial charge >= 0.3 is 0 Å². The maximum absolute atomic E-state index is 4.90. The molecular formula is C11H13N2S. The summed E-state index contributed by atoms with van der Waals surface area (Å²) in [7, 11) is 0. The Hall–Kier alpha value is -0.960. The summed E-state index contributed by atoms with van der Waals surface area (Å²) < 4.78 is 0. The molecule has 2 aromatic rings. The van der Waals surface area contributed by atoms with Crippen LogP contribution >= 0.6 is 12.6 Å². The molecule has 2 rings (SSSR count). The number of aromatic amines is 1. The van der Waals surface area contributed by atoms with Crippen molar-refractivity contribution in [3.8, 4) is 0 Å². The second-order valence-electron chi connectivity index (χ2n) is 3.36. The minimum atomic E-state index is 0.847. The molecular weight excluding hydrogens is 192 g/mol. The number of hydrogen-bond donors (Lipinski definition) is 1. The summed E-state index contributed by atoms with van der Waals surface area (Å²) in [5.74, 6) is 1.93. The lowest BCUT2D eigenvalue weighted by Gasteiger charge is -1.93. The van der Waals surface area contributed by atoms with E-state index in [1.54, 1.807) is 0 Å². The van der Waals surface area contributed by atoms with E-state index in [-0.39, 0.29) is 0 Å². The maximum atomic E-state index is 4.90. The lowest BCUT2D eigenvalue weighted by atomic mass is 10.2. The number of benzene rings is 1. The topological polar surface area (TPSA) is 28.7 Å². The monoisotopic (exact) mass is 205 g/mol. The highest BCUT2D eigenvalue weighted by atomic mass is 32.1. The fourth-order valence-corrected chi connectivity index (χ4v) is 1.72. The average molecular weight is 205 g/mol. The van der Waals surface area contributed by atoms with E-state index in [1.165, 1.54) is 0 Å². The molecule has 0 aliphatic rings. The largest absolute Gasteiger partial charge is 0.342 e. The first kappa shape index (κ1) is 9.59. The highest BCUT2D eigenvalue weighted by Gasteiger charge is 2.00. The van der Waals surface area contributed by atoms with Crippen molar-refractivity contribution in [2.24, 2.45) is 0 Å². The molecule has 73 valence electrons. The zero-order chi connectivity index (χ0) is 9.80. The molecule has 0 atom stereocenters. The van der Waals surface area contributed by atoms with Crippen molar-refractivity contribution in [2.45, 2.75) is 19.3 Å². The van der Waals surface area contributed by atoms with Crippen molar-refractivity contribution < 1.29 is 0 Å². The Morgan fingerprint density at radius 3 is 2.86 bits per heavy atom. The third-order valence-electron chi connectivity index (χ3n) is 2.25. The second-order valence-corrected chi connectivity index (χ2v) is 3.77. The van der Waals surface area contributed by atoms with Gasteiger partial charge in [0.25, 0.3) is 0 Å². The molecule has 0 unspecified atom stereocenters. The highest BCUT2D eigenvalue weighted by Crippen LogP contribution is 2.11. The molecule has 0 aliphatic heterocycles. The first-order chi connectivity index (χ1) is 6.90. The van der Waals surface area contributed by atoms with Gasteiger partial charge < -0.3 is 4.98 Å². The highest BCUT2D eigenvalue weighted by molar-refractivity contribution is 7.80. The number of nitrogens with zero attached hydrogens (tertiary/aromatic N) is 1. The number of aromatic nitrogens is 2. The van der Waals surface area contributed by atoms with E-state index in [1.807, 2.05) is 18.2 Å². The molecule has 1 N–H and O–H groups in total. The van der Waals surface area contributed by atoms with Crippen LogP contribution in [-0.2, 0) is 6.42 Å². The number of rotatable bonds is 4. The molecule has 0 amide bonds. The second kappa shape index (κ2) is 4.51. The van der Waals surface area contributed by atoms with Gasteiger partial charge in [0.05, 0.1) is 11.0 Å². The molecule has 0 fully saturated rings. The van der Waals surface area contributed by atoms with Crippen LogP contribution in [0.1, 0.15) is 18.7 Å². The number of aryl methyl sites for hydroxylation is 1. The molecule has 1 radical (unpaired) electrons. The maximum Gasteiger partial charge on any atom is 0.107 e. The number of fused-ring (bicyclic) bond motifs is 1. The number of para-hydroxylation sites is 2. The lowest BCUT2D eigenvalue weighted by molar-refractivity contribution is 0.772. The molecule has 1 aromatic carbocycles. The summed E-state index contributed by atoms with van der Waals surface area (Å²) >= 11 is 4.90. The van der Waals surface area contributed by atoms with E-state index in [4.69, 9.17) is 12.6 Å². The van der Waals surface area contributed by atoms with Crippen LogP contribution < -0.4 is 0 Å². The Kier molecular flexibility index (Phi) is 3.09. The fraction of sp³-hybridized carbons (Fsp3) is 0.364. The predicted octanol–water partition coefficient (Wildman–Crippen LogP) is 3.08.